The van der Waals surface area contributed by atoms with Crippen LogP contribution in [0.4, 0.5) is 0 Å². The lowest BCUT2D eigenvalue weighted by atomic mass is 10.1. The molecule has 0 radical (unpaired) electrons. The number of aromatic nitrogens is 2. The third kappa shape index (κ3) is 1.45. The van der Waals surface area contributed by atoms with Crippen LogP contribution in [0.1, 0.15) is 24.3 Å². The van der Waals surface area contributed by atoms with Crippen LogP contribution in [0.5, 0.6) is 0 Å². The summed E-state index contributed by atoms with van der Waals surface area (Å²) in [4.78, 5) is 15.9. The van der Waals surface area contributed by atoms with Gasteiger partial charge in [-0.25, -0.2) is 0 Å². The van der Waals surface area contributed by atoms with Gasteiger partial charge in [-0.3, -0.25) is 4.79 Å². The standard InChI is InChI=1S/C12H12N2O4/c1-7-3-6-17-8(7)9-13-10(18-14-9)12(4-5-12)11(15)16-2/h3,6H,4-5H2,1-2H3. The van der Waals surface area contributed by atoms with E-state index in [0.29, 0.717) is 30.3 Å². The Labute approximate surface area is 103 Å². The normalized spacial score (nSPS) is 16.6. The smallest absolute Gasteiger partial charge is 0.321 e. The van der Waals surface area contributed by atoms with Gasteiger partial charge in [0.05, 0.1) is 13.4 Å². The summed E-state index contributed by atoms with van der Waals surface area (Å²) in [5.41, 5.74) is 0.186. The number of hydrogen-bond acceptors (Lipinski definition) is 6. The van der Waals surface area contributed by atoms with E-state index >= 15 is 0 Å². The monoisotopic (exact) mass is 248 g/mol. The largest absolute Gasteiger partial charge is 0.468 e. The van der Waals surface area contributed by atoms with E-state index in [2.05, 4.69) is 10.1 Å². The zero-order valence-electron chi connectivity index (χ0n) is 10.1. The summed E-state index contributed by atoms with van der Waals surface area (Å²) < 4.78 is 15.2. The van der Waals surface area contributed by atoms with Gasteiger partial charge in [0, 0.05) is 0 Å². The highest BCUT2D eigenvalue weighted by molar-refractivity contribution is 5.85. The fourth-order valence-electron chi connectivity index (χ4n) is 1.94. The molecule has 1 fully saturated rings. The lowest BCUT2D eigenvalue weighted by Gasteiger charge is -2.05. The summed E-state index contributed by atoms with van der Waals surface area (Å²) >= 11 is 0. The van der Waals surface area contributed by atoms with Gasteiger partial charge in [-0.15, -0.1) is 0 Å². The average Bonchev–Trinajstić information content (AvgIpc) is 2.83. The van der Waals surface area contributed by atoms with Gasteiger partial charge in [0.25, 0.3) is 0 Å². The summed E-state index contributed by atoms with van der Waals surface area (Å²) in [6.07, 6.45) is 2.92. The summed E-state index contributed by atoms with van der Waals surface area (Å²) in [6, 6.07) is 1.82. The predicted octanol–water partition coefficient (Wildman–Crippen LogP) is 1.84. The number of aryl methyl sites for hydroxylation is 1. The van der Waals surface area contributed by atoms with E-state index in [-0.39, 0.29) is 5.97 Å². The third-order valence-corrected chi connectivity index (χ3v) is 3.23. The Bertz CT molecular complexity index is 595. The van der Waals surface area contributed by atoms with Crippen LogP contribution in [0.2, 0.25) is 0 Å². The fourth-order valence-corrected chi connectivity index (χ4v) is 1.94. The van der Waals surface area contributed by atoms with Gasteiger partial charge in [0.15, 0.2) is 5.76 Å². The molecule has 0 aromatic carbocycles. The Hall–Kier alpha value is -2.11. The minimum atomic E-state index is -0.736. The maximum Gasteiger partial charge on any atom is 0.321 e. The van der Waals surface area contributed by atoms with Gasteiger partial charge in [-0.1, -0.05) is 5.16 Å². The van der Waals surface area contributed by atoms with E-state index in [4.69, 9.17) is 13.7 Å². The van der Waals surface area contributed by atoms with Crippen molar-refractivity contribution in [2.45, 2.75) is 25.2 Å². The lowest BCUT2D eigenvalue weighted by Crippen LogP contribution is -2.22. The molecule has 1 aliphatic carbocycles. The molecule has 0 spiro atoms. The van der Waals surface area contributed by atoms with Gasteiger partial charge in [-0.05, 0) is 31.4 Å². The second-order valence-corrected chi connectivity index (χ2v) is 4.43. The molecule has 94 valence electrons. The molecule has 18 heavy (non-hydrogen) atoms. The van der Waals surface area contributed by atoms with Crippen LogP contribution in [0, 0.1) is 6.92 Å². The van der Waals surface area contributed by atoms with Crippen LogP contribution in [-0.2, 0) is 14.9 Å². The molecule has 0 atom stereocenters. The number of ether oxygens (including phenoxy) is 1. The molecular formula is C12H12N2O4. The second kappa shape index (κ2) is 3.69. The van der Waals surface area contributed by atoms with Gasteiger partial charge in [-0.2, -0.15) is 4.98 Å². The van der Waals surface area contributed by atoms with Crippen LogP contribution >= 0.6 is 0 Å². The minimum Gasteiger partial charge on any atom is -0.468 e. The Morgan fingerprint density at radius 3 is 2.83 bits per heavy atom. The Morgan fingerprint density at radius 2 is 2.28 bits per heavy atom. The first-order valence-corrected chi connectivity index (χ1v) is 5.64. The summed E-state index contributed by atoms with van der Waals surface area (Å²) in [5, 5.41) is 3.85. The number of methoxy groups -OCH3 is 1. The number of carbonyl (C=O) groups excluding carboxylic acids is 1. The number of esters is 1. The maximum atomic E-state index is 11.7. The summed E-state index contributed by atoms with van der Waals surface area (Å²) in [6.45, 7) is 1.89. The fraction of sp³-hybridized carbons (Fsp3) is 0.417. The molecule has 6 nitrogen and oxygen atoms in total. The van der Waals surface area contributed by atoms with Crippen molar-refractivity contribution in [2.24, 2.45) is 0 Å². The molecule has 0 aliphatic heterocycles. The molecule has 2 aromatic rings. The minimum absolute atomic E-state index is 0.306. The topological polar surface area (TPSA) is 78.4 Å². The Morgan fingerprint density at radius 1 is 1.50 bits per heavy atom. The lowest BCUT2D eigenvalue weighted by molar-refractivity contribution is -0.144. The van der Waals surface area contributed by atoms with Crippen LogP contribution in [0.15, 0.2) is 21.3 Å². The first-order chi connectivity index (χ1) is 8.67. The molecule has 0 unspecified atom stereocenters. The average molecular weight is 248 g/mol. The molecule has 1 saturated carbocycles. The van der Waals surface area contributed by atoms with Crippen molar-refractivity contribution in [3.63, 3.8) is 0 Å². The first kappa shape index (κ1) is 11.0. The highest BCUT2D eigenvalue weighted by Crippen LogP contribution is 2.48. The number of nitrogens with zero attached hydrogens (tertiary/aromatic N) is 2. The summed E-state index contributed by atoms with van der Waals surface area (Å²) in [7, 11) is 1.36. The van der Waals surface area contributed by atoms with Crippen molar-refractivity contribution in [1.29, 1.82) is 0 Å². The summed E-state index contributed by atoms with van der Waals surface area (Å²) in [5.74, 6) is 0.905. The van der Waals surface area contributed by atoms with Gasteiger partial charge < -0.3 is 13.7 Å². The van der Waals surface area contributed by atoms with Crippen LogP contribution in [0.3, 0.4) is 0 Å². The highest BCUT2D eigenvalue weighted by Gasteiger charge is 2.57. The molecule has 0 amide bonds. The quantitative estimate of drug-likeness (QED) is 0.771. The Kier molecular flexibility index (Phi) is 2.26. The van der Waals surface area contributed by atoms with Crippen molar-refractivity contribution in [1.82, 2.24) is 10.1 Å². The Balaban J connectivity index is 1.96. The van der Waals surface area contributed by atoms with E-state index < -0.39 is 5.41 Å². The predicted molar refractivity (Wildman–Crippen MR) is 59.7 cm³/mol. The van der Waals surface area contributed by atoms with Crippen molar-refractivity contribution in [3.8, 4) is 11.6 Å². The first-order valence-electron chi connectivity index (χ1n) is 5.64. The van der Waals surface area contributed by atoms with Gasteiger partial charge >= 0.3 is 5.97 Å². The molecule has 0 N–H and O–H groups in total. The van der Waals surface area contributed by atoms with Crippen LogP contribution in [0.25, 0.3) is 11.6 Å². The molecular weight excluding hydrogens is 236 g/mol. The molecule has 6 heteroatoms. The van der Waals surface area contributed by atoms with E-state index in [1.54, 1.807) is 6.26 Å². The van der Waals surface area contributed by atoms with E-state index in [0.717, 1.165) is 5.56 Å². The van der Waals surface area contributed by atoms with E-state index in [9.17, 15) is 4.79 Å². The van der Waals surface area contributed by atoms with E-state index in [1.165, 1.54) is 7.11 Å². The molecule has 0 saturated heterocycles. The molecule has 2 heterocycles. The van der Waals surface area contributed by atoms with Crippen molar-refractivity contribution >= 4 is 5.97 Å². The maximum absolute atomic E-state index is 11.7. The van der Waals surface area contributed by atoms with Gasteiger partial charge in [0.1, 0.15) is 5.41 Å². The molecule has 0 bridgehead atoms. The van der Waals surface area contributed by atoms with Crippen LogP contribution in [-0.4, -0.2) is 23.2 Å². The number of carbonyl (C=O) groups is 1. The van der Waals surface area contributed by atoms with E-state index in [1.807, 2.05) is 13.0 Å². The molecule has 2 aromatic heterocycles. The van der Waals surface area contributed by atoms with Crippen LogP contribution < -0.4 is 0 Å². The van der Waals surface area contributed by atoms with Crippen molar-refractivity contribution in [2.75, 3.05) is 7.11 Å². The molecule has 1 aliphatic rings. The molecule has 3 rings (SSSR count). The number of hydrogen-bond donors (Lipinski definition) is 0. The van der Waals surface area contributed by atoms with Crippen molar-refractivity contribution < 1.29 is 18.5 Å². The number of furan rings is 1. The number of rotatable bonds is 3. The SMILES string of the molecule is COC(=O)C1(c2nc(-c3occc3C)no2)CC1. The van der Waals surface area contributed by atoms with Gasteiger partial charge in [0.2, 0.25) is 11.7 Å². The van der Waals surface area contributed by atoms with Crippen molar-refractivity contribution in [3.05, 3.63) is 23.8 Å². The zero-order chi connectivity index (χ0) is 12.8. The third-order valence-electron chi connectivity index (χ3n) is 3.23. The highest BCUT2D eigenvalue weighted by atomic mass is 16.5. The zero-order valence-corrected chi connectivity index (χ0v) is 10.1. The second-order valence-electron chi connectivity index (χ2n) is 4.43.